The predicted octanol–water partition coefficient (Wildman–Crippen LogP) is 2.57. The summed E-state index contributed by atoms with van der Waals surface area (Å²) >= 11 is 1.62. The van der Waals surface area contributed by atoms with Crippen molar-refractivity contribution in [3.8, 4) is 0 Å². The van der Waals surface area contributed by atoms with E-state index in [4.69, 9.17) is 5.73 Å². The fraction of sp³-hybridized carbons (Fsp3) is 0.348. The van der Waals surface area contributed by atoms with Gasteiger partial charge in [-0.25, -0.2) is 4.79 Å². The van der Waals surface area contributed by atoms with Crippen molar-refractivity contribution in [1.82, 2.24) is 14.0 Å². The van der Waals surface area contributed by atoms with Crippen LogP contribution >= 0.6 is 11.3 Å². The highest BCUT2D eigenvalue weighted by molar-refractivity contribution is 7.07. The van der Waals surface area contributed by atoms with Gasteiger partial charge < -0.3 is 5.73 Å². The fourth-order valence-corrected chi connectivity index (χ4v) is 4.47. The van der Waals surface area contributed by atoms with Gasteiger partial charge in [-0.3, -0.25) is 23.6 Å². The molecule has 0 aliphatic heterocycles. The molecule has 3 aromatic rings. The predicted molar refractivity (Wildman–Crippen MR) is 123 cm³/mol. The molecule has 7 nitrogen and oxygen atoms in total. The molecule has 0 radical (unpaired) electrons. The number of anilines is 1. The van der Waals surface area contributed by atoms with Crippen LogP contribution in [-0.2, 0) is 19.6 Å². The summed E-state index contributed by atoms with van der Waals surface area (Å²) < 4.78 is 2.42. The van der Waals surface area contributed by atoms with E-state index in [2.05, 4.69) is 10.3 Å². The van der Waals surface area contributed by atoms with Gasteiger partial charge in [-0.15, -0.1) is 0 Å². The highest BCUT2D eigenvalue weighted by Gasteiger charge is 2.32. The number of hydrogen-bond donors (Lipinski definition) is 1. The normalized spacial score (nSPS) is 13.6. The molecule has 1 fully saturated rings. The van der Waals surface area contributed by atoms with Crippen LogP contribution in [0.15, 0.2) is 56.7 Å². The Morgan fingerprint density at radius 1 is 1.13 bits per heavy atom. The molecule has 0 amide bonds. The summed E-state index contributed by atoms with van der Waals surface area (Å²) in [6.45, 7) is 2.85. The van der Waals surface area contributed by atoms with Crippen LogP contribution in [0.1, 0.15) is 41.3 Å². The second-order valence-corrected chi connectivity index (χ2v) is 8.63. The Bertz CT molecular complexity index is 1180. The third kappa shape index (κ3) is 4.55. The number of ketones is 1. The first-order valence-corrected chi connectivity index (χ1v) is 11.4. The summed E-state index contributed by atoms with van der Waals surface area (Å²) in [6.07, 6.45) is 2.08. The summed E-state index contributed by atoms with van der Waals surface area (Å²) in [5.74, 6) is -0.395. The third-order valence-electron chi connectivity index (χ3n) is 5.62. The minimum Gasteiger partial charge on any atom is -0.384 e. The first-order chi connectivity index (χ1) is 15.0. The number of hydrogen-bond acceptors (Lipinski definition) is 6. The topological polar surface area (TPSA) is 90.3 Å². The van der Waals surface area contributed by atoms with E-state index in [0.717, 1.165) is 28.5 Å². The first-order valence-electron chi connectivity index (χ1n) is 10.4. The van der Waals surface area contributed by atoms with Gasteiger partial charge in [0, 0.05) is 19.1 Å². The molecule has 162 valence electrons. The molecule has 4 rings (SSSR count). The first kappa shape index (κ1) is 21.3. The Hall–Kier alpha value is -2.97. The van der Waals surface area contributed by atoms with Gasteiger partial charge in [0.25, 0.3) is 5.56 Å². The minimum absolute atomic E-state index is 0.0557. The molecule has 2 heterocycles. The Balaban J connectivity index is 1.69. The maximum absolute atomic E-state index is 13.3. The van der Waals surface area contributed by atoms with Crippen LogP contribution < -0.4 is 17.0 Å². The minimum atomic E-state index is -0.606. The van der Waals surface area contributed by atoms with E-state index in [-0.39, 0.29) is 36.8 Å². The number of benzene rings is 1. The van der Waals surface area contributed by atoms with Crippen LogP contribution in [0.25, 0.3) is 0 Å². The molecular weight excluding hydrogens is 412 g/mol. The largest absolute Gasteiger partial charge is 0.384 e. The van der Waals surface area contributed by atoms with Crippen LogP contribution in [0.5, 0.6) is 0 Å². The summed E-state index contributed by atoms with van der Waals surface area (Å²) in [5.41, 5.74) is 7.10. The van der Waals surface area contributed by atoms with E-state index >= 15 is 0 Å². The fourth-order valence-electron chi connectivity index (χ4n) is 3.81. The monoisotopic (exact) mass is 438 g/mol. The van der Waals surface area contributed by atoms with Crippen molar-refractivity contribution in [2.24, 2.45) is 0 Å². The number of carbonyl (C=O) groups excluding carboxylic acids is 1. The van der Waals surface area contributed by atoms with E-state index < -0.39 is 11.2 Å². The van der Waals surface area contributed by atoms with Gasteiger partial charge in [0.15, 0.2) is 5.78 Å². The zero-order valence-electron chi connectivity index (χ0n) is 17.5. The van der Waals surface area contributed by atoms with E-state index in [1.54, 1.807) is 18.3 Å². The van der Waals surface area contributed by atoms with E-state index in [9.17, 15) is 14.4 Å². The number of nitrogens with zero attached hydrogens (tertiary/aromatic N) is 3. The molecular formula is C23H26N4O3S. The van der Waals surface area contributed by atoms with Gasteiger partial charge in [0.2, 0.25) is 0 Å². The van der Waals surface area contributed by atoms with Gasteiger partial charge in [0.05, 0.1) is 13.1 Å². The summed E-state index contributed by atoms with van der Waals surface area (Å²) in [4.78, 5) is 41.3. The van der Waals surface area contributed by atoms with E-state index in [1.807, 2.05) is 41.8 Å². The highest BCUT2D eigenvalue weighted by atomic mass is 32.1. The summed E-state index contributed by atoms with van der Waals surface area (Å²) in [6, 6.07) is 11.8. The molecule has 8 heteroatoms. The number of nitrogens with two attached hydrogens (primary N) is 1. The van der Waals surface area contributed by atoms with Gasteiger partial charge in [-0.05, 0) is 47.7 Å². The maximum atomic E-state index is 13.3. The van der Waals surface area contributed by atoms with Crippen molar-refractivity contribution in [2.75, 3.05) is 12.3 Å². The van der Waals surface area contributed by atoms with Crippen LogP contribution in [0.2, 0.25) is 0 Å². The van der Waals surface area contributed by atoms with Gasteiger partial charge in [0.1, 0.15) is 11.4 Å². The molecule has 0 spiro atoms. The number of Topliss-reactive ketones (excluding diaryl/α,β-unsaturated/α-hetero) is 1. The van der Waals surface area contributed by atoms with Crippen molar-refractivity contribution < 1.29 is 4.79 Å². The maximum Gasteiger partial charge on any atom is 0.332 e. The number of rotatable bonds is 9. The lowest BCUT2D eigenvalue weighted by Crippen LogP contribution is -2.45. The smallest absolute Gasteiger partial charge is 0.332 e. The van der Waals surface area contributed by atoms with Crippen molar-refractivity contribution in [1.29, 1.82) is 0 Å². The number of aromatic nitrogens is 2. The molecule has 0 saturated heterocycles. The van der Waals surface area contributed by atoms with E-state index in [1.165, 1.54) is 4.57 Å². The van der Waals surface area contributed by atoms with Crippen LogP contribution in [-0.4, -0.2) is 32.4 Å². The van der Waals surface area contributed by atoms with Crippen molar-refractivity contribution in [3.05, 3.63) is 84.7 Å². The molecule has 1 aliphatic carbocycles. The lowest BCUT2D eigenvalue weighted by molar-refractivity contribution is 0.0917. The van der Waals surface area contributed by atoms with Crippen LogP contribution in [0, 0.1) is 0 Å². The van der Waals surface area contributed by atoms with Gasteiger partial charge in [-0.2, -0.15) is 11.3 Å². The van der Waals surface area contributed by atoms with Gasteiger partial charge in [-0.1, -0.05) is 30.3 Å². The molecule has 0 bridgehead atoms. The molecule has 0 unspecified atom stereocenters. The second-order valence-electron chi connectivity index (χ2n) is 7.85. The third-order valence-corrected chi connectivity index (χ3v) is 6.35. The average Bonchev–Trinajstić information content (AvgIpc) is 3.48. The number of nitrogen functional groups attached to an aromatic ring is 1. The zero-order valence-corrected chi connectivity index (χ0v) is 18.3. The Labute approximate surface area is 184 Å². The Morgan fingerprint density at radius 3 is 2.48 bits per heavy atom. The lowest BCUT2D eigenvalue weighted by atomic mass is 10.1. The lowest BCUT2D eigenvalue weighted by Gasteiger charge is -2.22. The van der Waals surface area contributed by atoms with Crippen LogP contribution in [0.4, 0.5) is 5.82 Å². The molecule has 0 atom stereocenters. The quantitative estimate of drug-likeness (QED) is 0.519. The number of carbonyl (C=O) groups is 1. The molecule has 2 aromatic heterocycles. The average molecular weight is 439 g/mol. The second kappa shape index (κ2) is 9.03. The Kier molecular flexibility index (Phi) is 6.20. The highest BCUT2D eigenvalue weighted by Crippen LogP contribution is 2.29. The number of thiophene rings is 1. The van der Waals surface area contributed by atoms with E-state index in [0.29, 0.717) is 12.6 Å². The van der Waals surface area contributed by atoms with Gasteiger partial charge >= 0.3 is 5.69 Å². The molecule has 2 N–H and O–H groups in total. The summed E-state index contributed by atoms with van der Waals surface area (Å²) in [7, 11) is 0. The summed E-state index contributed by atoms with van der Waals surface area (Å²) in [5, 5.41) is 4.08. The van der Waals surface area contributed by atoms with Crippen LogP contribution in [0.3, 0.4) is 0 Å². The molecule has 1 aliphatic rings. The molecule has 31 heavy (non-hydrogen) atoms. The SMILES string of the molecule is CCn1c(=O)c(C(=O)CN(Cc2ccsc2)C2CC2)c(N)n(Cc2ccccc2)c1=O. The Morgan fingerprint density at radius 2 is 1.87 bits per heavy atom. The van der Waals surface area contributed by atoms with Crippen molar-refractivity contribution in [2.45, 2.75) is 45.4 Å². The van der Waals surface area contributed by atoms with Crippen molar-refractivity contribution in [3.63, 3.8) is 0 Å². The standard InChI is InChI=1S/C23H26N4O3S/c1-2-26-22(29)20(21(24)27(23(26)30)13-16-6-4-3-5-7-16)19(28)14-25(18-8-9-18)12-17-10-11-31-15-17/h3-7,10-11,15,18H,2,8-9,12-14,24H2,1H3. The molecule has 1 aromatic carbocycles. The van der Waals surface area contributed by atoms with Crippen molar-refractivity contribution >= 4 is 22.9 Å². The zero-order chi connectivity index (χ0) is 22.0. The molecule has 1 saturated carbocycles.